The Morgan fingerprint density at radius 1 is 1.42 bits per heavy atom. The Morgan fingerprint density at radius 3 is 2.74 bits per heavy atom. The summed E-state index contributed by atoms with van der Waals surface area (Å²) in [6.07, 6.45) is 4.67. The van der Waals surface area contributed by atoms with Crippen molar-refractivity contribution < 1.29 is 14.7 Å². The van der Waals surface area contributed by atoms with Crippen molar-refractivity contribution in [2.24, 2.45) is 11.3 Å². The zero-order valence-corrected chi connectivity index (χ0v) is 11.7. The molecule has 0 aromatic carbocycles. The Hall–Kier alpha value is -1.10. The van der Waals surface area contributed by atoms with Crippen LogP contribution in [0.15, 0.2) is 0 Å². The number of nitrogens with one attached hydrogen (secondary N) is 1. The number of amides is 1. The number of rotatable bonds is 7. The molecule has 0 aromatic heterocycles. The van der Waals surface area contributed by atoms with Crippen molar-refractivity contribution >= 4 is 11.9 Å². The van der Waals surface area contributed by atoms with Crippen LogP contribution in [-0.4, -0.2) is 48.1 Å². The van der Waals surface area contributed by atoms with Gasteiger partial charge in [0.1, 0.15) is 0 Å². The molecule has 1 atom stereocenters. The van der Waals surface area contributed by atoms with Gasteiger partial charge < -0.3 is 10.4 Å². The quantitative estimate of drug-likeness (QED) is 0.725. The summed E-state index contributed by atoms with van der Waals surface area (Å²) in [6.45, 7) is 4.35. The van der Waals surface area contributed by atoms with Crippen molar-refractivity contribution in [1.29, 1.82) is 0 Å². The van der Waals surface area contributed by atoms with E-state index in [2.05, 4.69) is 5.32 Å². The maximum absolute atomic E-state index is 11.8. The average molecular weight is 268 g/mol. The smallest absolute Gasteiger partial charge is 0.310 e. The molecule has 1 saturated heterocycles. The van der Waals surface area contributed by atoms with E-state index in [1.807, 2.05) is 11.8 Å². The average Bonchev–Trinajstić information content (AvgIpc) is 3.10. The van der Waals surface area contributed by atoms with Crippen LogP contribution in [0, 0.1) is 11.3 Å². The molecule has 0 aromatic rings. The fraction of sp³-hybridized carbons (Fsp3) is 0.857. The molecular weight excluding hydrogens is 244 g/mol. The lowest BCUT2D eigenvalue weighted by atomic mass is 9.83. The van der Waals surface area contributed by atoms with E-state index in [9.17, 15) is 14.7 Å². The van der Waals surface area contributed by atoms with Crippen molar-refractivity contribution in [1.82, 2.24) is 10.2 Å². The second kappa shape index (κ2) is 5.90. The molecular formula is C14H24N2O3. The van der Waals surface area contributed by atoms with Gasteiger partial charge in [0, 0.05) is 13.1 Å². The zero-order chi connectivity index (χ0) is 13.9. The lowest BCUT2D eigenvalue weighted by Gasteiger charge is -2.24. The van der Waals surface area contributed by atoms with Gasteiger partial charge in [0.15, 0.2) is 0 Å². The second-order valence-electron chi connectivity index (χ2n) is 6.04. The van der Waals surface area contributed by atoms with Gasteiger partial charge in [-0.25, -0.2) is 0 Å². The molecule has 0 spiro atoms. The lowest BCUT2D eigenvalue weighted by Crippen LogP contribution is -2.40. The largest absolute Gasteiger partial charge is 0.481 e. The van der Waals surface area contributed by atoms with E-state index < -0.39 is 11.4 Å². The van der Waals surface area contributed by atoms with Crippen molar-refractivity contribution in [2.75, 3.05) is 26.2 Å². The zero-order valence-electron chi connectivity index (χ0n) is 11.7. The van der Waals surface area contributed by atoms with Gasteiger partial charge in [0.05, 0.1) is 12.0 Å². The summed E-state index contributed by atoms with van der Waals surface area (Å²) in [5.74, 6) is 0.000514. The van der Waals surface area contributed by atoms with Gasteiger partial charge in [-0.3, -0.25) is 14.5 Å². The molecule has 108 valence electrons. The van der Waals surface area contributed by atoms with E-state index in [0.29, 0.717) is 38.4 Å². The molecule has 1 unspecified atom stereocenters. The predicted octanol–water partition coefficient (Wildman–Crippen LogP) is 1.09. The van der Waals surface area contributed by atoms with Gasteiger partial charge in [-0.2, -0.15) is 0 Å². The molecule has 5 nitrogen and oxygen atoms in total. The highest BCUT2D eigenvalue weighted by Crippen LogP contribution is 2.35. The van der Waals surface area contributed by atoms with Gasteiger partial charge in [0.2, 0.25) is 5.91 Å². The Balaban J connectivity index is 1.79. The lowest BCUT2D eigenvalue weighted by molar-refractivity contribution is -0.148. The minimum Gasteiger partial charge on any atom is -0.481 e. The van der Waals surface area contributed by atoms with Gasteiger partial charge in [-0.1, -0.05) is 13.3 Å². The molecule has 2 N–H and O–H groups in total. The van der Waals surface area contributed by atoms with Crippen LogP contribution in [0.5, 0.6) is 0 Å². The molecule has 2 aliphatic rings. The maximum Gasteiger partial charge on any atom is 0.310 e. The number of nitrogens with zero attached hydrogens (tertiary/aromatic N) is 1. The first-order valence-corrected chi connectivity index (χ1v) is 7.28. The number of carbonyl (C=O) groups is 2. The second-order valence-corrected chi connectivity index (χ2v) is 6.04. The highest BCUT2D eigenvalue weighted by Gasteiger charge is 2.44. The fourth-order valence-corrected chi connectivity index (χ4v) is 2.90. The summed E-state index contributed by atoms with van der Waals surface area (Å²) in [4.78, 5) is 25.2. The Morgan fingerprint density at radius 2 is 2.16 bits per heavy atom. The highest BCUT2D eigenvalue weighted by atomic mass is 16.4. The molecule has 2 rings (SSSR count). The van der Waals surface area contributed by atoms with Crippen LogP contribution < -0.4 is 5.32 Å². The molecule has 5 heteroatoms. The summed E-state index contributed by atoms with van der Waals surface area (Å²) in [6, 6.07) is 0. The number of carboxylic acid groups (broad SMARTS) is 1. The molecule has 0 bridgehead atoms. The summed E-state index contributed by atoms with van der Waals surface area (Å²) < 4.78 is 0. The van der Waals surface area contributed by atoms with E-state index in [0.717, 1.165) is 13.0 Å². The normalized spacial score (nSPS) is 27.4. The number of hydrogen-bond acceptors (Lipinski definition) is 3. The van der Waals surface area contributed by atoms with E-state index in [-0.39, 0.29) is 5.91 Å². The topological polar surface area (TPSA) is 69.6 Å². The van der Waals surface area contributed by atoms with Crippen molar-refractivity contribution in [3.05, 3.63) is 0 Å². The SMILES string of the molecule is CCCC1(C(=O)O)CCN(CC(=O)NCC2CC2)C1. The number of carboxylic acids is 1. The highest BCUT2D eigenvalue weighted by molar-refractivity contribution is 5.79. The van der Waals surface area contributed by atoms with Crippen LogP contribution in [0.2, 0.25) is 0 Å². The van der Waals surface area contributed by atoms with Crippen LogP contribution in [0.25, 0.3) is 0 Å². The molecule has 1 aliphatic heterocycles. The number of carbonyl (C=O) groups excluding carboxylic acids is 1. The van der Waals surface area contributed by atoms with E-state index >= 15 is 0 Å². The Kier molecular flexibility index (Phi) is 4.45. The fourth-order valence-electron chi connectivity index (χ4n) is 2.90. The van der Waals surface area contributed by atoms with Crippen LogP contribution in [0.4, 0.5) is 0 Å². The maximum atomic E-state index is 11.8. The summed E-state index contributed by atoms with van der Waals surface area (Å²) >= 11 is 0. The summed E-state index contributed by atoms with van der Waals surface area (Å²) in [5, 5.41) is 12.3. The molecule has 1 heterocycles. The van der Waals surface area contributed by atoms with Crippen molar-refractivity contribution in [3.8, 4) is 0 Å². The first kappa shape index (κ1) is 14.3. The summed E-state index contributed by atoms with van der Waals surface area (Å²) in [7, 11) is 0. The number of hydrogen-bond donors (Lipinski definition) is 2. The molecule has 0 radical (unpaired) electrons. The van der Waals surface area contributed by atoms with Crippen molar-refractivity contribution in [2.45, 2.75) is 39.0 Å². The third-order valence-electron chi connectivity index (χ3n) is 4.27. The van der Waals surface area contributed by atoms with Crippen LogP contribution in [0.1, 0.15) is 39.0 Å². The molecule has 2 fully saturated rings. The van der Waals surface area contributed by atoms with Gasteiger partial charge >= 0.3 is 5.97 Å². The van der Waals surface area contributed by atoms with E-state index in [4.69, 9.17) is 0 Å². The van der Waals surface area contributed by atoms with Gasteiger partial charge in [0.25, 0.3) is 0 Å². The van der Waals surface area contributed by atoms with Crippen LogP contribution in [0.3, 0.4) is 0 Å². The van der Waals surface area contributed by atoms with E-state index in [1.54, 1.807) is 0 Å². The Bertz CT molecular complexity index is 355. The van der Waals surface area contributed by atoms with Crippen LogP contribution >= 0.6 is 0 Å². The summed E-state index contributed by atoms with van der Waals surface area (Å²) in [5.41, 5.74) is -0.633. The predicted molar refractivity (Wildman–Crippen MR) is 71.8 cm³/mol. The first-order chi connectivity index (χ1) is 9.05. The minimum absolute atomic E-state index is 0.0320. The van der Waals surface area contributed by atoms with Crippen LogP contribution in [-0.2, 0) is 9.59 Å². The minimum atomic E-state index is -0.713. The van der Waals surface area contributed by atoms with E-state index in [1.165, 1.54) is 12.8 Å². The monoisotopic (exact) mass is 268 g/mol. The molecule has 1 aliphatic carbocycles. The van der Waals surface area contributed by atoms with Crippen molar-refractivity contribution in [3.63, 3.8) is 0 Å². The number of aliphatic carboxylic acids is 1. The first-order valence-electron chi connectivity index (χ1n) is 7.28. The third kappa shape index (κ3) is 3.69. The standard InChI is InChI=1S/C14H24N2O3/c1-2-5-14(13(18)19)6-7-16(10-14)9-12(17)15-8-11-3-4-11/h11H,2-10H2,1H3,(H,15,17)(H,18,19). The third-order valence-corrected chi connectivity index (χ3v) is 4.27. The molecule has 19 heavy (non-hydrogen) atoms. The Labute approximate surface area is 114 Å². The van der Waals surface area contributed by atoms with Gasteiger partial charge in [-0.05, 0) is 38.1 Å². The molecule has 1 saturated carbocycles. The number of likely N-dealkylation sites (tertiary alicyclic amines) is 1. The molecule has 1 amide bonds. The van der Waals surface area contributed by atoms with Gasteiger partial charge in [-0.15, -0.1) is 0 Å².